The largest absolute Gasteiger partial charge is 0.491 e. The molecule has 0 fully saturated rings. The Morgan fingerprint density at radius 2 is 1.15 bits per heavy atom. The predicted molar refractivity (Wildman–Crippen MR) is 164 cm³/mol. The highest BCUT2D eigenvalue weighted by molar-refractivity contribution is 9.10. The molecule has 0 spiro atoms. The SMILES string of the molecule is C[Si](C)(C)c1ccnc(-c2ccc(F)cc2F)c1.C[Si](C)(C)c1ccnc(Br)c1.OB(O)c1ccc(F)cc1F. The summed E-state index contributed by atoms with van der Waals surface area (Å²) in [6.07, 6.45) is 3.55. The van der Waals surface area contributed by atoms with Gasteiger partial charge in [0.25, 0.3) is 0 Å². The Kier molecular flexibility index (Phi) is 12.0. The first-order valence-electron chi connectivity index (χ1n) is 12.3. The van der Waals surface area contributed by atoms with E-state index in [0.29, 0.717) is 17.3 Å². The van der Waals surface area contributed by atoms with Crippen LogP contribution in [0, 0.1) is 23.3 Å². The van der Waals surface area contributed by atoms with E-state index >= 15 is 0 Å². The van der Waals surface area contributed by atoms with Gasteiger partial charge in [-0.1, -0.05) is 55.7 Å². The summed E-state index contributed by atoms with van der Waals surface area (Å²) in [5.74, 6) is -2.85. The maximum Gasteiger partial charge on any atom is 0.491 e. The predicted octanol–water partition coefficient (Wildman–Crippen LogP) is 5.61. The van der Waals surface area contributed by atoms with Crippen LogP contribution in [0.1, 0.15) is 0 Å². The fraction of sp³-hybridized carbons (Fsp3) is 0.214. The van der Waals surface area contributed by atoms with Crippen LogP contribution in [-0.2, 0) is 0 Å². The third-order valence-corrected chi connectivity index (χ3v) is 10.2. The average Bonchev–Trinajstić information content (AvgIpc) is 2.84. The van der Waals surface area contributed by atoms with Crippen LogP contribution in [0.2, 0.25) is 39.3 Å². The maximum atomic E-state index is 13.7. The van der Waals surface area contributed by atoms with Crippen LogP contribution < -0.4 is 15.8 Å². The molecule has 0 saturated carbocycles. The van der Waals surface area contributed by atoms with Crippen molar-refractivity contribution in [1.82, 2.24) is 9.97 Å². The van der Waals surface area contributed by atoms with Gasteiger partial charge in [0, 0.05) is 35.6 Å². The first kappa shape index (κ1) is 33.6. The molecule has 2 aromatic heterocycles. The highest BCUT2D eigenvalue weighted by atomic mass is 79.9. The summed E-state index contributed by atoms with van der Waals surface area (Å²) in [7, 11) is -4.49. The van der Waals surface area contributed by atoms with E-state index in [0.717, 1.165) is 22.8 Å². The molecule has 0 radical (unpaired) electrons. The Hall–Kier alpha value is -2.64. The van der Waals surface area contributed by atoms with Crippen molar-refractivity contribution in [3.05, 3.63) is 101 Å². The number of hydrogen-bond donors (Lipinski definition) is 2. The van der Waals surface area contributed by atoms with E-state index in [2.05, 4.69) is 77.3 Å². The van der Waals surface area contributed by atoms with Gasteiger partial charge in [0.15, 0.2) is 0 Å². The molecule has 2 heterocycles. The highest BCUT2D eigenvalue weighted by Gasteiger charge is 2.18. The molecule has 0 amide bonds. The number of pyridine rings is 2. The molecule has 4 nitrogen and oxygen atoms in total. The van der Waals surface area contributed by atoms with Crippen molar-refractivity contribution in [2.45, 2.75) is 39.3 Å². The summed E-state index contributed by atoms with van der Waals surface area (Å²) in [5, 5.41) is 19.6. The molecule has 0 bridgehead atoms. The van der Waals surface area contributed by atoms with Crippen molar-refractivity contribution in [3.8, 4) is 11.3 Å². The third kappa shape index (κ3) is 10.4. The van der Waals surface area contributed by atoms with E-state index in [1.165, 1.54) is 22.5 Å². The molecule has 40 heavy (non-hydrogen) atoms. The van der Waals surface area contributed by atoms with Gasteiger partial charge in [-0.3, -0.25) is 4.98 Å². The smallest absolute Gasteiger partial charge is 0.423 e. The number of hydrogen-bond acceptors (Lipinski definition) is 4. The van der Waals surface area contributed by atoms with Crippen LogP contribution in [-0.4, -0.2) is 43.3 Å². The minimum Gasteiger partial charge on any atom is -0.423 e. The van der Waals surface area contributed by atoms with Gasteiger partial charge >= 0.3 is 7.12 Å². The minimum absolute atomic E-state index is 0.327. The van der Waals surface area contributed by atoms with E-state index in [1.807, 2.05) is 18.3 Å². The summed E-state index contributed by atoms with van der Waals surface area (Å²) >= 11 is 3.37. The molecule has 2 N–H and O–H groups in total. The van der Waals surface area contributed by atoms with Gasteiger partial charge in [0.2, 0.25) is 0 Å². The van der Waals surface area contributed by atoms with E-state index in [4.69, 9.17) is 10.0 Å². The highest BCUT2D eigenvalue weighted by Crippen LogP contribution is 2.21. The quantitative estimate of drug-likeness (QED) is 0.171. The summed E-state index contributed by atoms with van der Waals surface area (Å²) in [5.41, 5.74) is 0.579. The normalized spacial score (nSPS) is 11.1. The lowest BCUT2D eigenvalue weighted by molar-refractivity contribution is 0.422. The number of nitrogens with zero attached hydrogens (tertiary/aromatic N) is 2. The zero-order chi connectivity index (χ0) is 30.3. The lowest BCUT2D eigenvalue weighted by atomic mass is 9.80. The molecule has 0 atom stereocenters. The zero-order valence-electron chi connectivity index (χ0n) is 23.2. The first-order chi connectivity index (χ1) is 18.5. The van der Waals surface area contributed by atoms with Crippen molar-refractivity contribution < 1.29 is 27.6 Å². The van der Waals surface area contributed by atoms with Crippen LogP contribution in [0.5, 0.6) is 0 Å². The summed E-state index contributed by atoms with van der Waals surface area (Å²) in [6, 6.07) is 14.2. The Bertz CT molecular complexity index is 1430. The molecular formula is C28H32BBrF4N2O2Si2. The van der Waals surface area contributed by atoms with E-state index in [9.17, 15) is 17.6 Å². The van der Waals surface area contributed by atoms with Crippen LogP contribution in [0.3, 0.4) is 0 Å². The first-order valence-corrected chi connectivity index (χ1v) is 20.1. The van der Waals surface area contributed by atoms with E-state index in [1.54, 1.807) is 6.20 Å². The molecule has 0 saturated heterocycles. The molecule has 4 rings (SSSR count). The van der Waals surface area contributed by atoms with Crippen LogP contribution in [0.15, 0.2) is 77.7 Å². The molecule has 12 heteroatoms. The molecule has 0 aliphatic carbocycles. The second kappa shape index (κ2) is 14.3. The van der Waals surface area contributed by atoms with Gasteiger partial charge in [-0.2, -0.15) is 0 Å². The maximum absolute atomic E-state index is 13.7. The van der Waals surface area contributed by atoms with E-state index < -0.39 is 46.5 Å². The van der Waals surface area contributed by atoms with Crippen molar-refractivity contribution in [1.29, 1.82) is 0 Å². The topological polar surface area (TPSA) is 66.2 Å². The molecule has 0 unspecified atom stereocenters. The summed E-state index contributed by atoms with van der Waals surface area (Å²) in [4.78, 5) is 8.27. The van der Waals surface area contributed by atoms with Crippen LogP contribution >= 0.6 is 15.9 Å². The molecule has 0 aliphatic rings. The van der Waals surface area contributed by atoms with Crippen LogP contribution in [0.25, 0.3) is 11.3 Å². The molecule has 2 aromatic carbocycles. The second-order valence-electron chi connectivity index (χ2n) is 11.0. The summed E-state index contributed by atoms with van der Waals surface area (Å²) < 4.78 is 52.3. The molecule has 212 valence electrons. The van der Waals surface area contributed by atoms with Gasteiger partial charge in [-0.15, -0.1) is 0 Å². The molecule has 4 aromatic rings. The minimum atomic E-state index is -1.89. The van der Waals surface area contributed by atoms with Gasteiger partial charge in [-0.25, -0.2) is 22.5 Å². The fourth-order valence-electron chi connectivity index (χ4n) is 3.32. The Morgan fingerprint density at radius 1 is 0.650 bits per heavy atom. The summed E-state index contributed by atoms with van der Waals surface area (Å²) in [6.45, 7) is 13.6. The average molecular weight is 651 g/mol. The van der Waals surface area contributed by atoms with Crippen molar-refractivity contribution in [2.24, 2.45) is 0 Å². The van der Waals surface area contributed by atoms with Gasteiger partial charge in [0.05, 0.1) is 21.8 Å². The van der Waals surface area contributed by atoms with Gasteiger partial charge in [0.1, 0.15) is 27.9 Å². The monoisotopic (exact) mass is 650 g/mol. The molecular weight excluding hydrogens is 619 g/mol. The standard InChI is InChI=1S/C14H15F2NSi.C8H12BrNSi.C6H5BF2O2/c1-18(2,3)11-6-7-17-14(9-11)12-5-4-10(15)8-13(12)16;1-11(2,3)7-4-5-10-8(9)6-7;8-4-1-2-5(7(10)11)6(9)3-4/h4-9H,1-3H3;4-6H,1-3H3;1-3,10-11H. The van der Waals surface area contributed by atoms with Crippen molar-refractivity contribution in [2.75, 3.05) is 0 Å². The van der Waals surface area contributed by atoms with Gasteiger partial charge in [-0.05, 0) is 58.4 Å². The number of benzene rings is 2. The molecule has 0 aliphatic heterocycles. The van der Waals surface area contributed by atoms with E-state index in [-0.39, 0.29) is 5.46 Å². The lowest BCUT2D eigenvalue weighted by Crippen LogP contribution is -2.37. The van der Waals surface area contributed by atoms with Crippen LogP contribution in [0.4, 0.5) is 17.6 Å². The number of rotatable bonds is 4. The second-order valence-corrected chi connectivity index (χ2v) is 21.9. The zero-order valence-corrected chi connectivity index (χ0v) is 26.8. The Morgan fingerprint density at radius 3 is 1.60 bits per heavy atom. The third-order valence-electron chi connectivity index (χ3n) is 5.67. The van der Waals surface area contributed by atoms with Gasteiger partial charge < -0.3 is 10.0 Å². The number of halogens is 5. The lowest BCUT2D eigenvalue weighted by Gasteiger charge is -2.17. The van der Waals surface area contributed by atoms with Crippen molar-refractivity contribution >= 4 is 55.0 Å². The number of aromatic nitrogens is 2. The van der Waals surface area contributed by atoms with Crippen molar-refractivity contribution in [3.63, 3.8) is 0 Å². The Balaban J connectivity index is 0.000000222. The fourth-order valence-corrected chi connectivity index (χ4v) is 6.19. The Labute approximate surface area is 243 Å².